The minimum Gasteiger partial charge on any atom is -0.377 e. The molecule has 0 bridgehead atoms. The summed E-state index contributed by atoms with van der Waals surface area (Å²) in [6.45, 7) is 8.78. The molecule has 0 unspecified atom stereocenters. The first-order chi connectivity index (χ1) is 9.01. The molecule has 2 N–H and O–H groups in total. The van der Waals surface area contributed by atoms with Crippen LogP contribution in [0.1, 0.15) is 37.6 Å². The first-order valence-electron chi connectivity index (χ1n) is 6.78. The number of hydrogen-bond donors (Lipinski definition) is 1. The molecule has 19 heavy (non-hydrogen) atoms. The fraction of sp³-hybridized carbons (Fsp3) is 0.500. The van der Waals surface area contributed by atoms with Gasteiger partial charge in [0.05, 0.1) is 6.61 Å². The van der Waals surface area contributed by atoms with Gasteiger partial charge in [-0.15, -0.1) is 11.3 Å². The van der Waals surface area contributed by atoms with Crippen LogP contribution in [0.25, 0.3) is 10.1 Å². The van der Waals surface area contributed by atoms with E-state index in [0.29, 0.717) is 18.6 Å². The quantitative estimate of drug-likeness (QED) is 0.826. The highest BCUT2D eigenvalue weighted by molar-refractivity contribution is 7.19. The van der Waals surface area contributed by atoms with Crippen molar-refractivity contribution in [1.29, 1.82) is 0 Å². The van der Waals surface area contributed by atoms with E-state index in [4.69, 9.17) is 10.5 Å². The Morgan fingerprint density at radius 1 is 1.21 bits per heavy atom. The lowest BCUT2D eigenvalue weighted by atomic mass is 9.93. The zero-order valence-electron chi connectivity index (χ0n) is 12.0. The third kappa shape index (κ3) is 3.78. The Morgan fingerprint density at radius 3 is 2.63 bits per heavy atom. The average Bonchev–Trinajstić information content (AvgIpc) is 2.71. The van der Waals surface area contributed by atoms with Crippen molar-refractivity contribution in [3.8, 4) is 0 Å². The molecule has 0 amide bonds. The van der Waals surface area contributed by atoms with Crippen molar-refractivity contribution in [2.75, 3.05) is 6.61 Å². The molecule has 0 aliphatic rings. The van der Waals surface area contributed by atoms with Gasteiger partial charge >= 0.3 is 0 Å². The molecule has 2 nitrogen and oxygen atoms in total. The summed E-state index contributed by atoms with van der Waals surface area (Å²) in [5.74, 6) is 0. The third-order valence-corrected chi connectivity index (χ3v) is 4.45. The van der Waals surface area contributed by atoms with Gasteiger partial charge in [0.1, 0.15) is 0 Å². The normalized spacial score (nSPS) is 12.2. The molecule has 1 heterocycles. The summed E-state index contributed by atoms with van der Waals surface area (Å²) in [5, 5.41) is 1.30. The second-order valence-corrected chi connectivity index (χ2v) is 7.20. The van der Waals surface area contributed by atoms with E-state index < -0.39 is 0 Å². The second-order valence-electron chi connectivity index (χ2n) is 6.07. The summed E-state index contributed by atoms with van der Waals surface area (Å²) in [6.07, 6.45) is 1.08. The summed E-state index contributed by atoms with van der Waals surface area (Å²) in [7, 11) is 0. The molecule has 3 heteroatoms. The smallest absolute Gasteiger partial charge is 0.0734 e. The van der Waals surface area contributed by atoms with Crippen LogP contribution in [0.5, 0.6) is 0 Å². The second kappa shape index (κ2) is 6.04. The highest BCUT2D eigenvalue weighted by Gasteiger charge is 2.12. The molecule has 0 atom stereocenters. The van der Waals surface area contributed by atoms with E-state index in [1.807, 2.05) is 0 Å². The monoisotopic (exact) mass is 277 g/mol. The van der Waals surface area contributed by atoms with E-state index in [1.165, 1.54) is 20.5 Å². The Labute approximate surface area is 119 Å². The summed E-state index contributed by atoms with van der Waals surface area (Å²) >= 11 is 1.78. The molecule has 1 aromatic heterocycles. The van der Waals surface area contributed by atoms with Crippen molar-refractivity contribution < 1.29 is 4.74 Å². The maximum Gasteiger partial charge on any atom is 0.0734 e. The highest BCUT2D eigenvalue weighted by atomic mass is 32.1. The predicted molar refractivity (Wildman–Crippen MR) is 83.4 cm³/mol. The van der Waals surface area contributed by atoms with Crippen LogP contribution in [-0.2, 0) is 17.9 Å². The van der Waals surface area contributed by atoms with Gasteiger partial charge in [0.15, 0.2) is 0 Å². The first-order valence-corrected chi connectivity index (χ1v) is 7.60. The molecule has 0 saturated heterocycles. The van der Waals surface area contributed by atoms with Crippen LogP contribution in [0.2, 0.25) is 0 Å². The highest BCUT2D eigenvalue weighted by Crippen LogP contribution is 2.31. The van der Waals surface area contributed by atoms with E-state index in [1.54, 1.807) is 11.3 Å². The fourth-order valence-electron chi connectivity index (χ4n) is 2.03. The van der Waals surface area contributed by atoms with Crippen LogP contribution in [0, 0.1) is 5.41 Å². The predicted octanol–water partition coefficient (Wildman–Crippen LogP) is 4.31. The number of ether oxygens (including phenoxy) is 1. The molecule has 0 saturated carbocycles. The number of benzene rings is 1. The van der Waals surface area contributed by atoms with Gasteiger partial charge in [0.2, 0.25) is 0 Å². The van der Waals surface area contributed by atoms with Crippen LogP contribution in [0.3, 0.4) is 0 Å². The SMILES string of the molecule is CC(C)(C)CCOCc1c(CN)sc2ccccc12. The minimum atomic E-state index is 0.327. The van der Waals surface area contributed by atoms with E-state index in [0.717, 1.165) is 13.0 Å². The van der Waals surface area contributed by atoms with E-state index in [9.17, 15) is 0 Å². The molecule has 0 aliphatic carbocycles. The van der Waals surface area contributed by atoms with Gasteiger partial charge in [-0.3, -0.25) is 0 Å². The number of rotatable bonds is 5. The van der Waals surface area contributed by atoms with Gasteiger partial charge in [-0.2, -0.15) is 0 Å². The molecule has 2 rings (SSSR count). The summed E-state index contributed by atoms with van der Waals surface area (Å²) in [6, 6.07) is 8.46. The Kier molecular flexibility index (Phi) is 4.61. The Balaban J connectivity index is 2.07. The largest absolute Gasteiger partial charge is 0.377 e. The Hall–Kier alpha value is -0.900. The van der Waals surface area contributed by atoms with Gasteiger partial charge in [0.25, 0.3) is 0 Å². The van der Waals surface area contributed by atoms with Crippen LogP contribution in [-0.4, -0.2) is 6.61 Å². The maximum absolute atomic E-state index is 5.86. The van der Waals surface area contributed by atoms with Crippen LogP contribution < -0.4 is 5.73 Å². The van der Waals surface area contributed by atoms with Crippen molar-refractivity contribution >= 4 is 21.4 Å². The van der Waals surface area contributed by atoms with Crippen molar-refractivity contribution in [3.05, 3.63) is 34.7 Å². The molecule has 0 aliphatic heterocycles. The molecule has 1 aromatic carbocycles. The maximum atomic E-state index is 5.86. The number of thiophene rings is 1. The first kappa shape index (κ1) is 14.5. The number of fused-ring (bicyclic) bond motifs is 1. The van der Waals surface area contributed by atoms with Gasteiger partial charge < -0.3 is 10.5 Å². The van der Waals surface area contributed by atoms with Gasteiger partial charge in [-0.25, -0.2) is 0 Å². The van der Waals surface area contributed by atoms with Crippen LogP contribution in [0.4, 0.5) is 0 Å². The van der Waals surface area contributed by atoms with Crippen LogP contribution >= 0.6 is 11.3 Å². The number of nitrogens with two attached hydrogens (primary N) is 1. The van der Waals surface area contributed by atoms with Crippen LogP contribution in [0.15, 0.2) is 24.3 Å². The van der Waals surface area contributed by atoms with Gasteiger partial charge in [-0.05, 0) is 23.3 Å². The lowest BCUT2D eigenvalue weighted by molar-refractivity contribution is 0.0967. The molecular formula is C16H23NOS. The molecule has 2 aromatic rings. The van der Waals surface area contributed by atoms with Crippen molar-refractivity contribution in [3.63, 3.8) is 0 Å². The van der Waals surface area contributed by atoms with Gasteiger partial charge in [-0.1, -0.05) is 39.0 Å². The van der Waals surface area contributed by atoms with E-state index in [2.05, 4.69) is 45.0 Å². The van der Waals surface area contributed by atoms with E-state index >= 15 is 0 Å². The standard InChI is InChI=1S/C16H23NOS/c1-16(2,3)8-9-18-11-13-12-6-4-5-7-14(12)19-15(13)10-17/h4-7H,8-11,17H2,1-3H3. The van der Waals surface area contributed by atoms with Crippen molar-refractivity contribution in [2.45, 2.75) is 40.3 Å². The minimum absolute atomic E-state index is 0.327. The molecule has 104 valence electrons. The van der Waals surface area contributed by atoms with Crippen molar-refractivity contribution in [2.24, 2.45) is 11.1 Å². The molecule has 0 radical (unpaired) electrons. The third-order valence-electron chi connectivity index (χ3n) is 3.21. The summed E-state index contributed by atoms with van der Waals surface area (Å²) < 4.78 is 7.16. The average molecular weight is 277 g/mol. The lowest BCUT2D eigenvalue weighted by Crippen LogP contribution is -2.10. The number of hydrogen-bond acceptors (Lipinski definition) is 3. The van der Waals surface area contributed by atoms with E-state index in [-0.39, 0.29) is 0 Å². The summed E-state index contributed by atoms with van der Waals surface area (Å²) in [4.78, 5) is 1.25. The summed E-state index contributed by atoms with van der Waals surface area (Å²) in [5.41, 5.74) is 7.44. The van der Waals surface area contributed by atoms with Gasteiger partial charge in [0, 0.05) is 28.3 Å². The molecular weight excluding hydrogens is 254 g/mol. The zero-order valence-corrected chi connectivity index (χ0v) is 12.8. The topological polar surface area (TPSA) is 35.2 Å². The zero-order chi connectivity index (χ0) is 13.9. The molecule has 0 spiro atoms. The Bertz CT molecular complexity index is 539. The lowest BCUT2D eigenvalue weighted by Gasteiger charge is -2.17. The molecule has 0 fully saturated rings. The van der Waals surface area contributed by atoms with Crippen molar-refractivity contribution in [1.82, 2.24) is 0 Å². The Morgan fingerprint density at radius 2 is 1.95 bits per heavy atom. The fourth-order valence-corrected chi connectivity index (χ4v) is 3.11.